The molecule has 1 rings (SSSR count). The zero-order valence-corrected chi connectivity index (χ0v) is 10.1. The Morgan fingerprint density at radius 3 is 2.18 bits per heavy atom. The first-order valence-electron chi connectivity index (χ1n) is 4.67. The summed E-state index contributed by atoms with van der Waals surface area (Å²) in [5.41, 5.74) is -1.85. The van der Waals surface area contributed by atoms with Crippen molar-refractivity contribution < 1.29 is 28.2 Å². The summed E-state index contributed by atoms with van der Waals surface area (Å²) >= 11 is 0. The average Bonchev–Trinajstić information content (AvgIpc) is 2.15. The molecule has 2 N–H and O–H groups in total. The Bertz CT molecular complexity index is 539. The van der Waals surface area contributed by atoms with Crippen molar-refractivity contribution in [3.05, 3.63) is 22.6 Å². The fourth-order valence-corrected chi connectivity index (χ4v) is 3.04. The van der Waals surface area contributed by atoms with E-state index in [9.17, 15) is 18.0 Å². The molecule has 17 heavy (non-hydrogen) atoms. The Hall–Kier alpha value is -1.63. The van der Waals surface area contributed by atoms with E-state index in [0.29, 0.717) is 0 Å². The van der Waals surface area contributed by atoms with Crippen LogP contribution in [-0.4, -0.2) is 36.8 Å². The number of aliphatic carboxylic acids is 2. The van der Waals surface area contributed by atoms with Crippen LogP contribution >= 0.6 is 0 Å². The van der Waals surface area contributed by atoms with Crippen LogP contribution in [0, 0.1) is 5.41 Å². The van der Waals surface area contributed by atoms with Crippen LogP contribution in [0.15, 0.2) is 22.6 Å². The molecule has 0 saturated heterocycles. The van der Waals surface area contributed by atoms with Gasteiger partial charge in [0, 0.05) is 18.2 Å². The van der Waals surface area contributed by atoms with Gasteiger partial charge in [0.2, 0.25) is 0 Å². The highest BCUT2D eigenvalue weighted by Crippen LogP contribution is 2.40. The third-order valence-electron chi connectivity index (χ3n) is 2.67. The first kappa shape index (κ1) is 13.4. The molecule has 0 fully saturated rings. The van der Waals surface area contributed by atoms with E-state index < -0.39 is 27.2 Å². The van der Waals surface area contributed by atoms with E-state index in [1.807, 2.05) is 0 Å². The largest absolute Gasteiger partial charge is 0.481 e. The molecule has 0 aromatic heterocycles. The third-order valence-corrected chi connectivity index (χ3v) is 4.06. The van der Waals surface area contributed by atoms with Crippen molar-refractivity contribution in [2.75, 3.05) is 6.26 Å². The van der Waals surface area contributed by atoms with Gasteiger partial charge in [0.25, 0.3) is 0 Å². The molecule has 1 aliphatic carbocycles. The summed E-state index contributed by atoms with van der Waals surface area (Å²) in [7, 11) is -3.68. The minimum Gasteiger partial charge on any atom is -0.481 e. The Balaban J connectivity index is 3.43. The van der Waals surface area contributed by atoms with E-state index in [1.165, 1.54) is 6.92 Å². The minimum atomic E-state index is -3.68. The number of carbonyl (C=O) groups is 2. The summed E-state index contributed by atoms with van der Waals surface area (Å²) < 4.78 is 22.9. The highest BCUT2D eigenvalue weighted by atomic mass is 32.2. The lowest BCUT2D eigenvalue weighted by molar-refractivity contribution is -0.145. The molecule has 94 valence electrons. The van der Waals surface area contributed by atoms with Crippen molar-refractivity contribution in [3.8, 4) is 0 Å². The summed E-state index contributed by atoms with van der Waals surface area (Å²) in [4.78, 5) is 21.7. The molecule has 7 heteroatoms. The Kier molecular flexibility index (Phi) is 3.15. The van der Waals surface area contributed by atoms with Gasteiger partial charge in [0.1, 0.15) is 5.41 Å². The molecule has 0 aromatic rings. The normalized spacial score (nSPS) is 24.8. The van der Waals surface area contributed by atoms with E-state index in [4.69, 9.17) is 10.2 Å². The summed E-state index contributed by atoms with van der Waals surface area (Å²) in [5, 5.41) is 17.9. The molecule has 0 aliphatic heterocycles. The molecule has 0 spiro atoms. The van der Waals surface area contributed by atoms with Gasteiger partial charge in [-0.25, -0.2) is 13.2 Å². The van der Waals surface area contributed by atoms with Crippen LogP contribution in [0.5, 0.6) is 0 Å². The molecule has 0 radical (unpaired) electrons. The van der Waals surface area contributed by atoms with Crippen LogP contribution in [0.4, 0.5) is 0 Å². The standard InChI is InChI=1S/C10H12O6S/c1-10(9(13)14)5-6(8(11)12)3-4-7(10)17(2,15)16/h3-4H,5H2,1-2H3,(H,11,12)(H,13,14). The smallest absolute Gasteiger partial charge is 0.331 e. The highest BCUT2D eigenvalue weighted by molar-refractivity contribution is 7.94. The number of carboxylic acid groups (broad SMARTS) is 2. The second kappa shape index (κ2) is 3.99. The Morgan fingerprint density at radius 2 is 1.82 bits per heavy atom. The molecular weight excluding hydrogens is 248 g/mol. The van der Waals surface area contributed by atoms with Gasteiger partial charge >= 0.3 is 11.9 Å². The first-order chi connectivity index (χ1) is 7.59. The van der Waals surface area contributed by atoms with Crippen molar-refractivity contribution >= 4 is 21.8 Å². The quantitative estimate of drug-likeness (QED) is 0.761. The molecule has 1 atom stereocenters. The van der Waals surface area contributed by atoms with Crippen LogP contribution in [0.2, 0.25) is 0 Å². The molecule has 0 amide bonds. The van der Waals surface area contributed by atoms with E-state index >= 15 is 0 Å². The number of carboxylic acids is 2. The molecule has 0 aromatic carbocycles. The number of rotatable bonds is 3. The van der Waals surface area contributed by atoms with Crippen LogP contribution in [0.1, 0.15) is 13.3 Å². The van der Waals surface area contributed by atoms with E-state index in [0.717, 1.165) is 18.4 Å². The first-order valence-corrected chi connectivity index (χ1v) is 6.56. The summed E-state index contributed by atoms with van der Waals surface area (Å²) in [6, 6.07) is 0. The third kappa shape index (κ3) is 2.38. The maximum atomic E-state index is 11.5. The lowest BCUT2D eigenvalue weighted by Gasteiger charge is -2.29. The van der Waals surface area contributed by atoms with Gasteiger partial charge in [-0.05, 0) is 13.0 Å². The molecule has 6 nitrogen and oxygen atoms in total. The molecule has 1 aliphatic rings. The highest BCUT2D eigenvalue weighted by Gasteiger charge is 2.45. The summed E-state index contributed by atoms with van der Waals surface area (Å²) in [6.45, 7) is 1.21. The van der Waals surface area contributed by atoms with Crippen molar-refractivity contribution in [2.45, 2.75) is 13.3 Å². The van der Waals surface area contributed by atoms with Gasteiger partial charge in [-0.1, -0.05) is 6.08 Å². The van der Waals surface area contributed by atoms with Gasteiger partial charge in [-0.2, -0.15) is 0 Å². The zero-order valence-electron chi connectivity index (χ0n) is 9.30. The SMILES string of the molecule is CC1(C(=O)O)CC(C(=O)O)=CC=C1S(C)(=O)=O. The fourth-order valence-electron chi connectivity index (χ4n) is 1.75. The number of hydrogen-bond donors (Lipinski definition) is 2. The monoisotopic (exact) mass is 260 g/mol. The van der Waals surface area contributed by atoms with Crippen LogP contribution < -0.4 is 0 Å². The Morgan fingerprint density at radius 1 is 1.29 bits per heavy atom. The van der Waals surface area contributed by atoms with Crippen molar-refractivity contribution in [3.63, 3.8) is 0 Å². The zero-order chi connectivity index (χ0) is 13.4. The molecule has 0 bridgehead atoms. The second-order valence-electron chi connectivity index (χ2n) is 4.11. The van der Waals surface area contributed by atoms with Gasteiger partial charge < -0.3 is 10.2 Å². The Labute approximate surface area is 98.2 Å². The van der Waals surface area contributed by atoms with Gasteiger partial charge in [-0.15, -0.1) is 0 Å². The van der Waals surface area contributed by atoms with Crippen LogP contribution in [-0.2, 0) is 19.4 Å². The predicted octanol–water partition coefficient (Wildman–Crippen LogP) is 0.421. The average molecular weight is 260 g/mol. The van der Waals surface area contributed by atoms with Gasteiger partial charge in [0.15, 0.2) is 9.84 Å². The molecule has 0 saturated carbocycles. The molecule has 0 heterocycles. The van der Waals surface area contributed by atoms with Crippen LogP contribution in [0.25, 0.3) is 0 Å². The number of hydrogen-bond acceptors (Lipinski definition) is 4. The van der Waals surface area contributed by atoms with Crippen molar-refractivity contribution in [1.82, 2.24) is 0 Å². The molecular formula is C10H12O6S. The van der Waals surface area contributed by atoms with Crippen molar-refractivity contribution in [2.24, 2.45) is 5.41 Å². The maximum Gasteiger partial charge on any atom is 0.331 e. The van der Waals surface area contributed by atoms with E-state index in [-0.39, 0.29) is 16.9 Å². The fraction of sp³-hybridized carbons (Fsp3) is 0.400. The predicted molar refractivity (Wildman–Crippen MR) is 59.0 cm³/mol. The van der Waals surface area contributed by atoms with Crippen molar-refractivity contribution in [1.29, 1.82) is 0 Å². The lowest BCUT2D eigenvalue weighted by atomic mass is 9.80. The van der Waals surface area contributed by atoms with E-state index in [1.54, 1.807) is 0 Å². The maximum absolute atomic E-state index is 11.5. The van der Waals surface area contributed by atoms with E-state index in [2.05, 4.69) is 0 Å². The minimum absolute atomic E-state index is 0.123. The summed E-state index contributed by atoms with van der Waals surface area (Å²) in [6.07, 6.45) is 2.73. The number of sulfone groups is 1. The topological polar surface area (TPSA) is 109 Å². The molecule has 1 unspecified atom stereocenters. The van der Waals surface area contributed by atoms with Crippen LogP contribution in [0.3, 0.4) is 0 Å². The summed E-state index contributed by atoms with van der Waals surface area (Å²) in [5.74, 6) is -2.61. The second-order valence-corrected chi connectivity index (χ2v) is 6.10. The van der Waals surface area contributed by atoms with Gasteiger partial charge in [0.05, 0.1) is 4.91 Å². The van der Waals surface area contributed by atoms with Gasteiger partial charge in [-0.3, -0.25) is 4.79 Å². The lowest BCUT2D eigenvalue weighted by Crippen LogP contribution is -2.36. The number of allylic oxidation sites excluding steroid dienone is 2.